The van der Waals surface area contributed by atoms with E-state index in [4.69, 9.17) is 9.47 Å². The molecule has 0 aromatic rings. The van der Waals surface area contributed by atoms with Crippen LogP contribution in [0.4, 0.5) is 0 Å². The van der Waals surface area contributed by atoms with Gasteiger partial charge in [-0.05, 0) is 25.7 Å². The van der Waals surface area contributed by atoms with E-state index in [1.165, 1.54) is 19.3 Å². The Kier molecular flexibility index (Phi) is 16.4. The summed E-state index contributed by atoms with van der Waals surface area (Å²) in [5.41, 5.74) is 0. The van der Waals surface area contributed by atoms with Gasteiger partial charge in [-0.25, -0.2) is 0 Å². The van der Waals surface area contributed by atoms with Crippen LogP contribution in [-0.4, -0.2) is 31.1 Å². The van der Waals surface area contributed by atoms with E-state index in [2.05, 4.69) is 28.9 Å². The second-order valence-electron chi connectivity index (χ2n) is 4.76. The van der Waals surface area contributed by atoms with Crippen molar-refractivity contribution >= 4 is 21.9 Å². The number of hydrogen-bond acceptors (Lipinski definition) is 3. The third kappa shape index (κ3) is 15.7. The van der Waals surface area contributed by atoms with E-state index in [0.29, 0.717) is 26.2 Å². The highest BCUT2D eigenvalue weighted by molar-refractivity contribution is 9.09. The minimum absolute atomic E-state index is 0.101. The Bertz CT molecular complexity index is 242. The van der Waals surface area contributed by atoms with Gasteiger partial charge >= 0.3 is 5.97 Å². The second-order valence-corrected chi connectivity index (χ2v) is 5.56. The predicted octanol–water partition coefficient (Wildman–Crippen LogP) is 4.64. The highest BCUT2D eigenvalue weighted by Crippen LogP contribution is 2.03. The Morgan fingerprint density at radius 3 is 2.60 bits per heavy atom. The van der Waals surface area contributed by atoms with Crippen LogP contribution in [0.25, 0.3) is 0 Å². The maximum atomic E-state index is 11.4. The number of alkyl halides is 1. The molecule has 0 rings (SSSR count). The fourth-order valence-electron chi connectivity index (χ4n) is 1.63. The summed E-state index contributed by atoms with van der Waals surface area (Å²) >= 11 is 3.40. The lowest BCUT2D eigenvalue weighted by Gasteiger charge is -2.05. The molecule has 0 N–H and O–H groups in total. The molecule has 0 atom stereocenters. The van der Waals surface area contributed by atoms with Crippen molar-refractivity contribution in [3.63, 3.8) is 0 Å². The topological polar surface area (TPSA) is 35.5 Å². The van der Waals surface area contributed by atoms with Crippen LogP contribution in [0.3, 0.4) is 0 Å². The molecule has 0 bridgehead atoms. The van der Waals surface area contributed by atoms with Crippen molar-refractivity contribution in [3.8, 4) is 0 Å². The molecule has 0 aliphatic heterocycles. The molecule has 0 unspecified atom stereocenters. The zero-order valence-corrected chi connectivity index (χ0v) is 14.3. The van der Waals surface area contributed by atoms with Crippen molar-refractivity contribution in [1.82, 2.24) is 0 Å². The molecule has 3 nitrogen and oxygen atoms in total. The van der Waals surface area contributed by atoms with Gasteiger partial charge < -0.3 is 9.47 Å². The van der Waals surface area contributed by atoms with Gasteiger partial charge in [0.25, 0.3) is 0 Å². The van der Waals surface area contributed by atoms with Gasteiger partial charge in [0.2, 0.25) is 0 Å². The van der Waals surface area contributed by atoms with Gasteiger partial charge in [-0.2, -0.15) is 0 Å². The van der Waals surface area contributed by atoms with E-state index < -0.39 is 0 Å². The third-order valence-electron chi connectivity index (χ3n) is 2.80. The zero-order valence-electron chi connectivity index (χ0n) is 12.7. The smallest absolute Gasteiger partial charge is 0.305 e. The molecule has 20 heavy (non-hydrogen) atoms. The van der Waals surface area contributed by atoms with Gasteiger partial charge in [0.15, 0.2) is 0 Å². The van der Waals surface area contributed by atoms with Crippen molar-refractivity contribution in [1.29, 1.82) is 0 Å². The van der Waals surface area contributed by atoms with Gasteiger partial charge in [0, 0.05) is 18.4 Å². The number of esters is 1. The molecule has 118 valence electrons. The Labute approximate surface area is 132 Å². The Morgan fingerprint density at radius 2 is 1.85 bits per heavy atom. The van der Waals surface area contributed by atoms with Crippen molar-refractivity contribution in [2.75, 3.05) is 25.2 Å². The lowest BCUT2D eigenvalue weighted by molar-refractivity contribution is -0.144. The molecule has 0 heterocycles. The minimum atomic E-state index is -0.101. The minimum Gasteiger partial charge on any atom is -0.466 e. The Morgan fingerprint density at radius 1 is 1.05 bits per heavy atom. The van der Waals surface area contributed by atoms with Crippen molar-refractivity contribution in [3.05, 3.63) is 12.2 Å². The summed E-state index contributed by atoms with van der Waals surface area (Å²) < 4.78 is 10.6. The summed E-state index contributed by atoms with van der Waals surface area (Å²) in [4.78, 5) is 11.4. The van der Waals surface area contributed by atoms with Crippen LogP contribution in [0, 0.1) is 0 Å². The van der Waals surface area contributed by atoms with E-state index in [1.54, 1.807) is 0 Å². The maximum Gasteiger partial charge on any atom is 0.305 e. The normalized spacial score (nSPS) is 11.1. The van der Waals surface area contributed by atoms with Crippen LogP contribution >= 0.6 is 15.9 Å². The first-order valence-electron chi connectivity index (χ1n) is 7.75. The van der Waals surface area contributed by atoms with Gasteiger partial charge in [-0.1, -0.05) is 54.3 Å². The zero-order chi connectivity index (χ0) is 14.9. The molecule has 0 saturated carbocycles. The monoisotopic (exact) mass is 348 g/mol. The number of allylic oxidation sites excluding steroid dienone is 1. The van der Waals surface area contributed by atoms with E-state index in [0.717, 1.165) is 31.0 Å². The molecule has 0 aliphatic rings. The highest BCUT2D eigenvalue weighted by atomic mass is 79.9. The lowest BCUT2D eigenvalue weighted by Crippen LogP contribution is -2.07. The molecule has 0 fully saturated rings. The lowest BCUT2D eigenvalue weighted by atomic mass is 10.2. The quantitative estimate of drug-likeness (QED) is 0.198. The number of halogens is 1. The summed E-state index contributed by atoms with van der Waals surface area (Å²) in [6, 6.07) is 0. The number of carbonyl (C=O) groups excluding carboxylic acids is 1. The standard InChI is InChI=1S/C16H29BrO3/c1-2-3-4-8-13-19-14-10-11-16(18)20-15-9-6-5-7-12-17/h4,8H,2-3,5-7,9-15H2,1H3/b8-4+. The average molecular weight is 349 g/mol. The molecular weight excluding hydrogens is 320 g/mol. The van der Waals surface area contributed by atoms with Crippen LogP contribution < -0.4 is 0 Å². The molecule has 0 aromatic carbocycles. The Hall–Kier alpha value is -0.350. The number of carbonyl (C=O) groups is 1. The molecule has 0 amide bonds. The molecule has 0 saturated heterocycles. The summed E-state index contributed by atoms with van der Waals surface area (Å²) in [7, 11) is 0. The van der Waals surface area contributed by atoms with Crippen molar-refractivity contribution in [2.24, 2.45) is 0 Å². The summed E-state index contributed by atoms with van der Waals surface area (Å²) in [5, 5.41) is 1.06. The maximum absolute atomic E-state index is 11.4. The third-order valence-corrected chi connectivity index (χ3v) is 3.36. The van der Waals surface area contributed by atoms with Gasteiger partial charge in [0.05, 0.1) is 13.2 Å². The first-order valence-corrected chi connectivity index (χ1v) is 8.87. The second kappa shape index (κ2) is 16.7. The summed E-state index contributed by atoms with van der Waals surface area (Å²) in [6.07, 6.45) is 12.1. The van der Waals surface area contributed by atoms with Gasteiger partial charge in [0.1, 0.15) is 0 Å². The van der Waals surface area contributed by atoms with E-state index in [1.807, 2.05) is 6.08 Å². The largest absolute Gasteiger partial charge is 0.466 e. The van der Waals surface area contributed by atoms with Crippen LogP contribution in [-0.2, 0) is 14.3 Å². The van der Waals surface area contributed by atoms with Crippen molar-refractivity contribution < 1.29 is 14.3 Å². The van der Waals surface area contributed by atoms with Gasteiger partial charge in [-0.15, -0.1) is 0 Å². The van der Waals surface area contributed by atoms with Crippen LogP contribution in [0.15, 0.2) is 12.2 Å². The van der Waals surface area contributed by atoms with E-state index >= 15 is 0 Å². The molecule has 0 aliphatic carbocycles. The molecule has 4 heteroatoms. The first-order chi connectivity index (χ1) is 9.81. The predicted molar refractivity (Wildman–Crippen MR) is 87.3 cm³/mol. The fourth-order valence-corrected chi connectivity index (χ4v) is 2.03. The van der Waals surface area contributed by atoms with Crippen molar-refractivity contribution in [2.45, 2.75) is 58.3 Å². The van der Waals surface area contributed by atoms with Crippen LogP contribution in [0.1, 0.15) is 58.3 Å². The molecular formula is C16H29BrO3. The van der Waals surface area contributed by atoms with E-state index in [-0.39, 0.29) is 5.97 Å². The van der Waals surface area contributed by atoms with Crippen LogP contribution in [0.2, 0.25) is 0 Å². The fraction of sp³-hybridized carbons (Fsp3) is 0.812. The van der Waals surface area contributed by atoms with E-state index in [9.17, 15) is 4.79 Å². The number of unbranched alkanes of at least 4 members (excludes halogenated alkanes) is 4. The number of rotatable bonds is 14. The SMILES string of the molecule is CCC/C=C/COCCCC(=O)OCCCCCCBr. The van der Waals surface area contributed by atoms with Crippen LogP contribution in [0.5, 0.6) is 0 Å². The summed E-state index contributed by atoms with van der Waals surface area (Å²) in [5.74, 6) is -0.101. The molecule has 0 radical (unpaired) electrons. The Balaban J connectivity index is 3.20. The molecule has 0 aromatic heterocycles. The number of ether oxygens (including phenoxy) is 2. The summed E-state index contributed by atoms with van der Waals surface area (Å²) in [6.45, 7) is 3.97. The number of hydrogen-bond donors (Lipinski definition) is 0. The average Bonchev–Trinajstić information content (AvgIpc) is 2.45. The first kappa shape index (κ1) is 19.7. The van der Waals surface area contributed by atoms with Gasteiger partial charge in [-0.3, -0.25) is 4.79 Å². The molecule has 0 spiro atoms. The highest BCUT2D eigenvalue weighted by Gasteiger charge is 2.02.